The summed E-state index contributed by atoms with van der Waals surface area (Å²) >= 11 is 7.44. The normalized spacial score (nSPS) is 10.5. The summed E-state index contributed by atoms with van der Waals surface area (Å²) in [7, 11) is 0. The maximum atomic E-state index is 9.03. The largest absolute Gasteiger partial charge is 0.333 e. The van der Waals surface area contributed by atoms with E-state index in [1.807, 2.05) is 6.26 Å². The molecule has 0 aromatic carbocycles. The number of rotatable bonds is 1. The van der Waals surface area contributed by atoms with Crippen molar-refractivity contribution >= 4 is 34.4 Å². The van der Waals surface area contributed by atoms with Gasteiger partial charge in [0.1, 0.15) is 22.7 Å². The van der Waals surface area contributed by atoms with Crippen molar-refractivity contribution in [1.82, 2.24) is 15.0 Å². The highest BCUT2D eigenvalue weighted by molar-refractivity contribution is 7.98. The molecule has 6 heteroatoms. The van der Waals surface area contributed by atoms with Gasteiger partial charge in [0.15, 0.2) is 0 Å². The first-order valence-corrected chi connectivity index (χ1v) is 5.77. The number of hydrogen-bond donors (Lipinski definition) is 1. The summed E-state index contributed by atoms with van der Waals surface area (Å²) < 4.78 is 0. The minimum absolute atomic E-state index is 0.325. The van der Waals surface area contributed by atoms with Gasteiger partial charge in [0.2, 0.25) is 0 Å². The van der Waals surface area contributed by atoms with E-state index in [-0.39, 0.29) is 0 Å². The van der Waals surface area contributed by atoms with Crippen LogP contribution < -0.4 is 0 Å². The van der Waals surface area contributed by atoms with Crippen molar-refractivity contribution in [2.45, 2.75) is 11.9 Å². The third kappa shape index (κ3) is 1.56. The Balaban J connectivity index is 2.90. The van der Waals surface area contributed by atoms with Gasteiger partial charge in [-0.1, -0.05) is 11.6 Å². The topological polar surface area (TPSA) is 65.4 Å². The molecule has 0 fully saturated rings. The Bertz CT molecular complexity index is 569. The summed E-state index contributed by atoms with van der Waals surface area (Å²) in [6, 6.07) is 2.11. The van der Waals surface area contributed by atoms with Crippen LogP contribution in [-0.2, 0) is 0 Å². The minimum Gasteiger partial charge on any atom is -0.333 e. The lowest BCUT2D eigenvalue weighted by Crippen LogP contribution is -1.89. The van der Waals surface area contributed by atoms with Crippen molar-refractivity contribution in [3.63, 3.8) is 0 Å². The van der Waals surface area contributed by atoms with Crippen molar-refractivity contribution in [3.8, 4) is 6.07 Å². The molecule has 2 aromatic rings. The summed E-state index contributed by atoms with van der Waals surface area (Å²) in [4.78, 5) is 11.3. The van der Waals surface area contributed by atoms with Crippen molar-refractivity contribution < 1.29 is 0 Å². The van der Waals surface area contributed by atoms with E-state index in [0.717, 1.165) is 5.03 Å². The quantitative estimate of drug-likeness (QED) is 0.612. The van der Waals surface area contributed by atoms with E-state index < -0.39 is 0 Å². The summed E-state index contributed by atoms with van der Waals surface area (Å²) in [6.07, 6.45) is 1.89. The molecule has 2 heterocycles. The lowest BCUT2D eigenvalue weighted by molar-refractivity contribution is 1.07. The molecular weight excluding hydrogens is 232 g/mol. The number of hydrogen-bond acceptors (Lipinski definition) is 4. The number of aromatic nitrogens is 3. The Hall–Kier alpha value is -1.25. The molecule has 0 bridgehead atoms. The zero-order valence-corrected chi connectivity index (χ0v) is 9.70. The Labute approximate surface area is 95.7 Å². The van der Waals surface area contributed by atoms with Crippen LogP contribution in [0.15, 0.2) is 5.03 Å². The smallest absolute Gasteiger partial charge is 0.144 e. The van der Waals surface area contributed by atoms with Crippen LogP contribution in [0.5, 0.6) is 0 Å². The van der Waals surface area contributed by atoms with Crippen molar-refractivity contribution in [1.29, 1.82) is 5.26 Å². The van der Waals surface area contributed by atoms with E-state index >= 15 is 0 Å². The molecule has 2 aromatic heterocycles. The van der Waals surface area contributed by atoms with Crippen LogP contribution in [0.4, 0.5) is 0 Å². The highest BCUT2D eigenvalue weighted by Gasteiger charge is 2.15. The number of halogens is 1. The molecule has 0 atom stereocenters. The average Bonchev–Trinajstić information content (AvgIpc) is 2.55. The van der Waals surface area contributed by atoms with E-state index in [1.165, 1.54) is 11.8 Å². The average molecular weight is 239 g/mol. The Morgan fingerprint density at radius 2 is 2.20 bits per heavy atom. The molecule has 4 nitrogen and oxygen atoms in total. The fourth-order valence-electron chi connectivity index (χ4n) is 1.39. The third-order valence-electron chi connectivity index (χ3n) is 2.00. The number of nitrogens with zero attached hydrogens (tertiary/aromatic N) is 3. The lowest BCUT2D eigenvalue weighted by atomic mass is 10.3. The maximum absolute atomic E-state index is 9.03. The number of aryl methyl sites for hydroxylation is 1. The molecule has 0 saturated carbocycles. The van der Waals surface area contributed by atoms with Gasteiger partial charge < -0.3 is 4.98 Å². The second kappa shape index (κ2) is 3.72. The first kappa shape index (κ1) is 10.3. The molecule has 0 unspecified atom stereocenters. The van der Waals surface area contributed by atoms with Gasteiger partial charge in [-0.05, 0) is 13.2 Å². The van der Waals surface area contributed by atoms with Crippen LogP contribution in [0.1, 0.15) is 11.4 Å². The molecule has 0 aliphatic heterocycles. The number of nitrogens with one attached hydrogen (secondary N) is 1. The lowest BCUT2D eigenvalue weighted by Gasteiger charge is -1.95. The van der Waals surface area contributed by atoms with Gasteiger partial charge in [-0.25, -0.2) is 9.97 Å². The predicted octanol–water partition coefficient (Wildman–Crippen LogP) is 2.51. The number of nitriles is 1. The summed E-state index contributed by atoms with van der Waals surface area (Å²) in [5, 5.41) is 10.7. The predicted molar refractivity (Wildman–Crippen MR) is 60.1 cm³/mol. The number of fused-ring (bicyclic) bond motifs is 1. The molecule has 76 valence electrons. The molecule has 0 radical (unpaired) electrons. The molecule has 0 spiro atoms. The molecule has 0 saturated heterocycles. The number of aromatic amines is 1. The van der Waals surface area contributed by atoms with Crippen LogP contribution in [0, 0.1) is 18.3 Å². The zero-order valence-electron chi connectivity index (χ0n) is 8.13. The summed E-state index contributed by atoms with van der Waals surface area (Å²) in [5.41, 5.74) is 1.14. The SMILES string of the molecule is CSc1[nH]c2nc(C)nc(Cl)c2c1C#N. The van der Waals surface area contributed by atoms with Gasteiger partial charge in [-0.3, -0.25) is 0 Å². The highest BCUT2D eigenvalue weighted by Crippen LogP contribution is 2.30. The first-order valence-electron chi connectivity index (χ1n) is 4.17. The molecule has 1 N–H and O–H groups in total. The molecule has 2 rings (SSSR count). The third-order valence-corrected chi connectivity index (χ3v) is 2.99. The Kier molecular flexibility index (Phi) is 2.55. The zero-order chi connectivity index (χ0) is 11.0. The number of thioether (sulfide) groups is 1. The van der Waals surface area contributed by atoms with Crippen molar-refractivity contribution in [3.05, 3.63) is 16.5 Å². The van der Waals surface area contributed by atoms with Gasteiger partial charge in [0.05, 0.1) is 16.0 Å². The van der Waals surface area contributed by atoms with E-state index in [2.05, 4.69) is 21.0 Å². The van der Waals surface area contributed by atoms with Crippen LogP contribution in [-0.4, -0.2) is 21.2 Å². The van der Waals surface area contributed by atoms with Crippen molar-refractivity contribution in [2.24, 2.45) is 0 Å². The molecular formula is C9H7ClN4S. The van der Waals surface area contributed by atoms with Crippen LogP contribution in [0.3, 0.4) is 0 Å². The summed E-state index contributed by atoms with van der Waals surface area (Å²) in [5.74, 6) is 0.589. The van der Waals surface area contributed by atoms with Gasteiger partial charge in [0.25, 0.3) is 0 Å². The van der Waals surface area contributed by atoms with E-state index in [0.29, 0.717) is 27.6 Å². The van der Waals surface area contributed by atoms with Crippen LogP contribution >= 0.6 is 23.4 Å². The molecule has 0 amide bonds. The summed E-state index contributed by atoms with van der Waals surface area (Å²) in [6.45, 7) is 1.76. The highest BCUT2D eigenvalue weighted by atomic mass is 35.5. The van der Waals surface area contributed by atoms with E-state index in [9.17, 15) is 0 Å². The van der Waals surface area contributed by atoms with Crippen LogP contribution in [0.2, 0.25) is 5.15 Å². The van der Waals surface area contributed by atoms with E-state index in [1.54, 1.807) is 6.92 Å². The Morgan fingerprint density at radius 3 is 2.80 bits per heavy atom. The van der Waals surface area contributed by atoms with Gasteiger partial charge in [-0.15, -0.1) is 11.8 Å². The fourth-order valence-corrected chi connectivity index (χ4v) is 2.25. The van der Waals surface area contributed by atoms with Gasteiger partial charge in [-0.2, -0.15) is 5.26 Å². The molecule has 0 aliphatic carbocycles. The first-order chi connectivity index (χ1) is 7.17. The van der Waals surface area contributed by atoms with Crippen LogP contribution in [0.25, 0.3) is 11.0 Å². The van der Waals surface area contributed by atoms with Gasteiger partial charge >= 0.3 is 0 Å². The molecule has 0 aliphatic rings. The number of H-pyrrole nitrogens is 1. The second-order valence-corrected chi connectivity index (χ2v) is 4.10. The van der Waals surface area contributed by atoms with E-state index in [4.69, 9.17) is 16.9 Å². The van der Waals surface area contributed by atoms with Crippen molar-refractivity contribution in [2.75, 3.05) is 6.26 Å². The van der Waals surface area contributed by atoms with Gasteiger partial charge in [0, 0.05) is 0 Å². The second-order valence-electron chi connectivity index (χ2n) is 2.93. The fraction of sp³-hybridized carbons (Fsp3) is 0.222. The minimum atomic E-state index is 0.325. The maximum Gasteiger partial charge on any atom is 0.144 e. The monoisotopic (exact) mass is 238 g/mol. The molecule has 15 heavy (non-hydrogen) atoms. The standard InChI is InChI=1S/C9H7ClN4S/c1-4-12-7(10)6-5(3-11)9(15-2)14-8(6)13-4/h1-2H3,(H,12,13,14). The Morgan fingerprint density at radius 1 is 1.47 bits per heavy atom.